The Bertz CT molecular complexity index is 745. The maximum absolute atomic E-state index is 13.8. The molecule has 2 aromatic rings. The first-order valence-electron chi connectivity index (χ1n) is 7.64. The molecule has 2 amide bonds. The lowest BCUT2D eigenvalue weighted by Gasteiger charge is -2.17. The summed E-state index contributed by atoms with van der Waals surface area (Å²) in [6.07, 6.45) is 0. The maximum Gasteiger partial charge on any atom is 0.251 e. The van der Waals surface area contributed by atoms with E-state index < -0.39 is 5.82 Å². The monoisotopic (exact) mass is 363 g/mol. The number of anilines is 1. The van der Waals surface area contributed by atoms with E-state index in [0.717, 1.165) is 0 Å². The molecule has 0 aliphatic rings. The number of carbonyl (C=O) groups is 2. The Morgan fingerprint density at radius 1 is 1.16 bits per heavy atom. The minimum atomic E-state index is -0.399. The van der Waals surface area contributed by atoms with Crippen molar-refractivity contribution in [3.05, 3.63) is 64.4 Å². The number of hydrogen-bond acceptors (Lipinski definition) is 3. The Morgan fingerprint density at radius 3 is 2.44 bits per heavy atom. The van der Waals surface area contributed by atoms with E-state index in [2.05, 4.69) is 10.6 Å². The summed E-state index contributed by atoms with van der Waals surface area (Å²) in [5.74, 6) is -0.841. The summed E-state index contributed by atoms with van der Waals surface area (Å²) in [6.45, 7) is 0.288. The second-order valence-corrected chi connectivity index (χ2v) is 5.98. The quantitative estimate of drug-likeness (QED) is 0.829. The van der Waals surface area contributed by atoms with Crippen LogP contribution in [0.1, 0.15) is 15.9 Å². The molecule has 0 aliphatic heterocycles. The van der Waals surface area contributed by atoms with Gasteiger partial charge in [0.05, 0.1) is 6.54 Å². The van der Waals surface area contributed by atoms with Crippen LogP contribution in [0.2, 0.25) is 5.02 Å². The first-order chi connectivity index (χ1) is 11.9. The molecule has 0 atom stereocenters. The summed E-state index contributed by atoms with van der Waals surface area (Å²) in [6, 6.07) is 11.0. The summed E-state index contributed by atoms with van der Waals surface area (Å²) >= 11 is 5.99. The van der Waals surface area contributed by atoms with Gasteiger partial charge in [0.25, 0.3) is 5.91 Å². The van der Waals surface area contributed by atoms with Crippen LogP contribution in [0, 0.1) is 5.82 Å². The molecule has 25 heavy (non-hydrogen) atoms. The number of amides is 2. The zero-order valence-corrected chi connectivity index (χ0v) is 14.7. The van der Waals surface area contributed by atoms with Gasteiger partial charge in [-0.1, -0.05) is 17.7 Å². The average molecular weight is 364 g/mol. The normalized spacial score (nSPS) is 10.6. The fourth-order valence-corrected chi connectivity index (χ4v) is 2.53. The van der Waals surface area contributed by atoms with Gasteiger partial charge in [-0.15, -0.1) is 0 Å². The molecule has 0 heterocycles. The number of likely N-dealkylation sites (N-methyl/N-ethyl adjacent to an activating group) is 1. The topological polar surface area (TPSA) is 61.4 Å². The summed E-state index contributed by atoms with van der Waals surface area (Å²) in [7, 11) is 3.26. The SMILES string of the molecule is CNC(=O)c1ccc(NC(=O)CN(C)Cc2c(F)cccc2Cl)cc1. The van der Waals surface area contributed by atoms with E-state index >= 15 is 0 Å². The highest BCUT2D eigenvalue weighted by molar-refractivity contribution is 6.31. The van der Waals surface area contributed by atoms with Gasteiger partial charge >= 0.3 is 0 Å². The lowest BCUT2D eigenvalue weighted by Crippen LogP contribution is -2.30. The van der Waals surface area contributed by atoms with Crippen LogP contribution < -0.4 is 10.6 Å². The molecule has 132 valence electrons. The lowest BCUT2D eigenvalue weighted by atomic mass is 10.2. The molecular weight excluding hydrogens is 345 g/mol. The van der Waals surface area contributed by atoms with Crippen LogP contribution in [0.4, 0.5) is 10.1 Å². The predicted molar refractivity (Wildman–Crippen MR) is 96.2 cm³/mol. The van der Waals surface area contributed by atoms with Crippen molar-refractivity contribution in [3.63, 3.8) is 0 Å². The van der Waals surface area contributed by atoms with Crippen LogP contribution >= 0.6 is 11.6 Å². The van der Waals surface area contributed by atoms with E-state index in [0.29, 0.717) is 21.8 Å². The summed E-state index contributed by atoms with van der Waals surface area (Å²) < 4.78 is 13.8. The number of rotatable bonds is 6. The van der Waals surface area contributed by atoms with Crippen molar-refractivity contribution in [2.45, 2.75) is 6.54 Å². The highest BCUT2D eigenvalue weighted by Crippen LogP contribution is 2.20. The Hall–Kier alpha value is -2.44. The van der Waals surface area contributed by atoms with Crippen molar-refractivity contribution in [2.75, 3.05) is 26.0 Å². The predicted octanol–water partition coefficient (Wildman–Crippen LogP) is 2.91. The van der Waals surface area contributed by atoms with Crippen LogP contribution in [0.15, 0.2) is 42.5 Å². The third kappa shape index (κ3) is 5.27. The molecule has 0 fully saturated rings. The van der Waals surface area contributed by atoms with Crippen LogP contribution in [0.25, 0.3) is 0 Å². The third-order valence-corrected chi connectivity index (χ3v) is 3.92. The van der Waals surface area contributed by atoms with Gasteiger partial charge in [0.2, 0.25) is 5.91 Å². The molecule has 0 bridgehead atoms. The minimum Gasteiger partial charge on any atom is -0.355 e. The molecule has 5 nitrogen and oxygen atoms in total. The van der Waals surface area contributed by atoms with Gasteiger partial charge in [0.1, 0.15) is 5.82 Å². The van der Waals surface area contributed by atoms with Crippen LogP contribution in [0.3, 0.4) is 0 Å². The molecule has 0 aliphatic carbocycles. The van der Waals surface area contributed by atoms with Crippen molar-refractivity contribution in [3.8, 4) is 0 Å². The fraction of sp³-hybridized carbons (Fsp3) is 0.222. The van der Waals surface area contributed by atoms with Gasteiger partial charge in [-0.05, 0) is 43.4 Å². The van der Waals surface area contributed by atoms with Gasteiger partial charge in [-0.25, -0.2) is 4.39 Å². The molecule has 7 heteroatoms. The molecule has 0 saturated carbocycles. The zero-order valence-electron chi connectivity index (χ0n) is 14.0. The number of nitrogens with zero attached hydrogens (tertiary/aromatic N) is 1. The molecule has 0 radical (unpaired) electrons. The van der Waals surface area contributed by atoms with Crippen molar-refractivity contribution in [1.29, 1.82) is 0 Å². The smallest absolute Gasteiger partial charge is 0.251 e. The van der Waals surface area contributed by atoms with Crippen LogP contribution in [-0.2, 0) is 11.3 Å². The Labute approximate surface area is 150 Å². The van der Waals surface area contributed by atoms with E-state index in [1.54, 1.807) is 49.3 Å². The van der Waals surface area contributed by atoms with Crippen molar-refractivity contribution in [1.82, 2.24) is 10.2 Å². The van der Waals surface area contributed by atoms with Gasteiger partial charge in [-0.2, -0.15) is 0 Å². The molecule has 0 spiro atoms. The van der Waals surface area contributed by atoms with Gasteiger partial charge in [-0.3, -0.25) is 14.5 Å². The van der Waals surface area contributed by atoms with Gasteiger partial charge in [0, 0.05) is 35.4 Å². The number of hydrogen-bond donors (Lipinski definition) is 2. The number of benzene rings is 2. The molecule has 0 aromatic heterocycles. The van der Waals surface area contributed by atoms with Crippen LogP contribution in [-0.4, -0.2) is 37.4 Å². The standard InChI is InChI=1S/C18H19ClFN3O2/c1-21-18(25)12-6-8-13(9-7-12)22-17(24)11-23(2)10-14-15(19)4-3-5-16(14)20/h3-9H,10-11H2,1-2H3,(H,21,25)(H,22,24). The van der Waals surface area contributed by atoms with Gasteiger partial charge in [0.15, 0.2) is 0 Å². The fourth-order valence-electron chi connectivity index (χ4n) is 2.30. The van der Waals surface area contributed by atoms with Crippen molar-refractivity contribution in [2.24, 2.45) is 0 Å². The van der Waals surface area contributed by atoms with Gasteiger partial charge < -0.3 is 10.6 Å². The molecule has 0 unspecified atom stereocenters. The second-order valence-electron chi connectivity index (χ2n) is 5.58. The highest BCUT2D eigenvalue weighted by Gasteiger charge is 2.13. The van der Waals surface area contributed by atoms with E-state index in [4.69, 9.17) is 11.6 Å². The van der Waals surface area contributed by atoms with Crippen LogP contribution in [0.5, 0.6) is 0 Å². The third-order valence-electron chi connectivity index (χ3n) is 3.56. The molecule has 2 aromatic carbocycles. The summed E-state index contributed by atoms with van der Waals surface area (Å²) in [4.78, 5) is 25.2. The Morgan fingerprint density at radius 2 is 1.84 bits per heavy atom. The summed E-state index contributed by atoms with van der Waals surface area (Å²) in [5, 5.41) is 5.59. The second kappa shape index (κ2) is 8.60. The van der Waals surface area contributed by atoms with E-state index in [9.17, 15) is 14.0 Å². The molecule has 0 saturated heterocycles. The molecular formula is C18H19ClFN3O2. The number of nitrogens with one attached hydrogen (secondary N) is 2. The summed E-state index contributed by atoms with van der Waals surface area (Å²) in [5.41, 5.74) is 1.44. The zero-order chi connectivity index (χ0) is 18.4. The van der Waals surface area contributed by atoms with Crippen molar-refractivity contribution < 1.29 is 14.0 Å². The molecule has 2 N–H and O–H groups in total. The first-order valence-corrected chi connectivity index (χ1v) is 8.02. The maximum atomic E-state index is 13.8. The number of carbonyl (C=O) groups excluding carboxylic acids is 2. The van der Waals surface area contributed by atoms with E-state index in [1.165, 1.54) is 12.1 Å². The highest BCUT2D eigenvalue weighted by atomic mass is 35.5. The minimum absolute atomic E-state index is 0.0713. The van der Waals surface area contributed by atoms with Crippen molar-refractivity contribution >= 4 is 29.1 Å². The Balaban J connectivity index is 1.92. The number of halogens is 2. The lowest BCUT2D eigenvalue weighted by molar-refractivity contribution is -0.117. The van der Waals surface area contributed by atoms with E-state index in [-0.39, 0.29) is 24.9 Å². The Kier molecular flexibility index (Phi) is 6.50. The van der Waals surface area contributed by atoms with E-state index in [1.807, 2.05) is 0 Å². The largest absolute Gasteiger partial charge is 0.355 e. The molecule has 2 rings (SSSR count). The first kappa shape index (κ1) is 18.9. The average Bonchev–Trinajstić information content (AvgIpc) is 2.58.